The average molecular weight is 316 g/mol. The summed E-state index contributed by atoms with van der Waals surface area (Å²) in [6, 6.07) is 3.78. The number of benzene rings is 1. The first-order valence-electron chi connectivity index (χ1n) is 7.03. The molecule has 0 atom stereocenters. The number of halogens is 1. The molecule has 7 heteroatoms. The maximum absolute atomic E-state index is 13.5. The molecule has 118 valence electrons. The number of sulfonamides is 1. The van der Waals surface area contributed by atoms with Crippen molar-refractivity contribution < 1.29 is 17.5 Å². The third-order valence-corrected chi connectivity index (χ3v) is 4.74. The second-order valence-corrected chi connectivity index (χ2v) is 6.97. The Hall–Kier alpha value is -1.02. The Morgan fingerprint density at radius 3 is 2.81 bits per heavy atom. The van der Waals surface area contributed by atoms with Gasteiger partial charge in [0, 0.05) is 25.3 Å². The highest BCUT2D eigenvalue weighted by molar-refractivity contribution is 7.89. The molecule has 0 aromatic heterocycles. The predicted octanol–water partition coefficient (Wildman–Crippen LogP) is 1.25. The Bertz CT molecular complexity index is 574. The smallest absolute Gasteiger partial charge is 0.240 e. The Kier molecular flexibility index (Phi) is 5.69. The van der Waals surface area contributed by atoms with Gasteiger partial charge in [-0.3, -0.25) is 0 Å². The van der Waals surface area contributed by atoms with Crippen LogP contribution in [0.5, 0.6) is 0 Å². The number of hydrogen-bond acceptors (Lipinski definition) is 4. The molecule has 21 heavy (non-hydrogen) atoms. The number of ether oxygens (including phenoxy) is 1. The zero-order valence-corrected chi connectivity index (χ0v) is 12.9. The van der Waals surface area contributed by atoms with Crippen molar-refractivity contribution in [2.24, 2.45) is 5.92 Å². The normalized spacial score (nSPS) is 15.3. The van der Waals surface area contributed by atoms with Gasteiger partial charge in [0.05, 0.1) is 11.5 Å². The average Bonchev–Trinajstić information content (AvgIpc) is 3.25. The second kappa shape index (κ2) is 7.31. The third-order valence-electron chi connectivity index (χ3n) is 3.28. The van der Waals surface area contributed by atoms with Gasteiger partial charge in [-0.15, -0.1) is 0 Å². The molecule has 1 aliphatic rings. The summed E-state index contributed by atoms with van der Waals surface area (Å²) >= 11 is 0. The first kappa shape index (κ1) is 16.4. The van der Waals surface area contributed by atoms with E-state index >= 15 is 0 Å². The monoisotopic (exact) mass is 316 g/mol. The molecule has 1 aliphatic carbocycles. The lowest BCUT2D eigenvalue weighted by Crippen LogP contribution is -2.28. The van der Waals surface area contributed by atoms with E-state index in [0.717, 1.165) is 0 Å². The fourth-order valence-corrected chi connectivity index (χ4v) is 2.97. The van der Waals surface area contributed by atoms with Crippen molar-refractivity contribution in [3.8, 4) is 0 Å². The van der Waals surface area contributed by atoms with Crippen LogP contribution in [0.25, 0.3) is 0 Å². The van der Waals surface area contributed by atoms with E-state index in [1.165, 1.54) is 31.0 Å². The summed E-state index contributed by atoms with van der Waals surface area (Å²) in [5, 5.41) is 2.80. The van der Waals surface area contributed by atoms with Crippen LogP contribution in [-0.2, 0) is 21.3 Å². The van der Waals surface area contributed by atoms with E-state index in [0.29, 0.717) is 24.7 Å². The van der Waals surface area contributed by atoms with E-state index in [1.54, 1.807) is 7.05 Å². The molecule has 0 amide bonds. The topological polar surface area (TPSA) is 67.4 Å². The quantitative estimate of drug-likeness (QED) is 0.673. The summed E-state index contributed by atoms with van der Waals surface area (Å²) < 4.78 is 45.5. The Labute approximate surface area is 124 Å². The van der Waals surface area contributed by atoms with Crippen LogP contribution >= 0.6 is 0 Å². The summed E-state index contributed by atoms with van der Waals surface area (Å²) in [7, 11) is -1.95. The maximum atomic E-state index is 13.5. The molecule has 0 heterocycles. The minimum Gasteiger partial charge on any atom is -0.380 e. The van der Waals surface area contributed by atoms with Crippen molar-refractivity contribution in [3.63, 3.8) is 0 Å². The largest absolute Gasteiger partial charge is 0.380 e. The highest BCUT2D eigenvalue weighted by Crippen LogP contribution is 2.28. The molecule has 1 aromatic carbocycles. The van der Waals surface area contributed by atoms with Crippen LogP contribution in [-0.4, -0.2) is 35.2 Å². The summed E-state index contributed by atoms with van der Waals surface area (Å²) in [4.78, 5) is 0.0661. The second-order valence-electron chi connectivity index (χ2n) is 5.20. The van der Waals surface area contributed by atoms with Crippen LogP contribution in [0.4, 0.5) is 4.39 Å². The molecule has 1 saturated carbocycles. The Morgan fingerprint density at radius 1 is 1.38 bits per heavy atom. The fraction of sp³-hybridized carbons (Fsp3) is 0.571. The van der Waals surface area contributed by atoms with E-state index in [9.17, 15) is 12.8 Å². The molecular formula is C14H21FN2O3S. The summed E-state index contributed by atoms with van der Waals surface area (Å²) in [6.07, 6.45) is 2.41. The summed E-state index contributed by atoms with van der Waals surface area (Å²) in [5.74, 6) is 0.235. The standard InChI is InChI=1S/C14H21FN2O3S/c1-16-9-12-8-13(4-5-14(12)15)21(18,19)17-6-7-20-10-11-2-3-11/h4-5,8,11,16-17H,2-3,6-7,9-10H2,1H3. The van der Waals surface area contributed by atoms with Crippen molar-refractivity contribution in [3.05, 3.63) is 29.6 Å². The molecule has 0 spiro atoms. The van der Waals surface area contributed by atoms with Crippen molar-refractivity contribution >= 4 is 10.0 Å². The zero-order chi connectivity index (χ0) is 15.3. The number of hydrogen-bond donors (Lipinski definition) is 2. The molecule has 0 bridgehead atoms. The fourth-order valence-electron chi connectivity index (χ4n) is 1.91. The molecule has 1 aromatic rings. The molecule has 2 N–H and O–H groups in total. The molecule has 0 radical (unpaired) electrons. The summed E-state index contributed by atoms with van der Waals surface area (Å²) in [5.41, 5.74) is 0.324. The van der Waals surface area contributed by atoms with E-state index < -0.39 is 15.8 Å². The molecule has 2 rings (SSSR count). The van der Waals surface area contributed by atoms with Crippen LogP contribution < -0.4 is 10.0 Å². The first-order valence-corrected chi connectivity index (χ1v) is 8.51. The Balaban J connectivity index is 1.89. The van der Waals surface area contributed by atoms with Crippen LogP contribution in [0.15, 0.2) is 23.1 Å². The van der Waals surface area contributed by atoms with E-state index in [-0.39, 0.29) is 18.0 Å². The third kappa shape index (κ3) is 5.03. The van der Waals surface area contributed by atoms with Crippen LogP contribution in [0.3, 0.4) is 0 Å². The van der Waals surface area contributed by atoms with Gasteiger partial charge in [0.2, 0.25) is 10.0 Å². The van der Waals surface area contributed by atoms with Crippen molar-refractivity contribution in [2.45, 2.75) is 24.3 Å². The minimum atomic E-state index is -3.63. The van der Waals surface area contributed by atoms with Gasteiger partial charge in [-0.05, 0) is 44.0 Å². The van der Waals surface area contributed by atoms with Crippen molar-refractivity contribution in [1.82, 2.24) is 10.0 Å². The van der Waals surface area contributed by atoms with Gasteiger partial charge in [0.15, 0.2) is 0 Å². The lowest BCUT2D eigenvalue weighted by atomic mass is 10.2. The van der Waals surface area contributed by atoms with Gasteiger partial charge in [-0.2, -0.15) is 0 Å². The summed E-state index contributed by atoms with van der Waals surface area (Å²) in [6.45, 7) is 1.54. The molecular weight excluding hydrogens is 295 g/mol. The number of nitrogens with one attached hydrogen (secondary N) is 2. The molecule has 0 aliphatic heterocycles. The van der Waals surface area contributed by atoms with Gasteiger partial charge >= 0.3 is 0 Å². The number of rotatable bonds is 9. The van der Waals surface area contributed by atoms with Crippen LogP contribution in [0, 0.1) is 11.7 Å². The zero-order valence-electron chi connectivity index (χ0n) is 12.1. The molecule has 0 saturated heterocycles. The predicted molar refractivity (Wildman–Crippen MR) is 77.9 cm³/mol. The SMILES string of the molecule is CNCc1cc(S(=O)(=O)NCCOCC2CC2)ccc1F. The first-order chi connectivity index (χ1) is 10.0. The lowest BCUT2D eigenvalue weighted by molar-refractivity contribution is 0.129. The highest BCUT2D eigenvalue weighted by atomic mass is 32.2. The van der Waals surface area contributed by atoms with Crippen molar-refractivity contribution in [1.29, 1.82) is 0 Å². The van der Waals surface area contributed by atoms with E-state index in [1.807, 2.05) is 0 Å². The molecule has 1 fully saturated rings. The van der Waals surface area contributed by atoms with Gasteiger partial charge in [0.25, 0.3) is 0 Å². The van der Waals surface area contributed by atoms with Gasteiger partial charge < -0.3 is 10.1 Å². The van der Waals surface area contributed by atoms with Gasteiger partial charge in [-0.1, -0.05) is 0 Å². The molecule has 0 unspecified atom stereocenters. The highest BCUT2D eigenvalue weighted by Gasteiger charge is 2.21. The molecule has 5 nitrogen and oxygen atoms in total. The van der Waals surface area contributed by atoms with Crippen LogP contribution in [0.2, 0.25) is 0 Å². The van der Waals surface area contributed by atoms with Crippen molar-refractivity contribution in [2.75, 3.05) is 26.8 Å². The lowest BCUT2D eigenvalue weighted by Gasteiger charge is -2.09. The van der Waals surface area contributed by atoms with Gasteiger partial charge in [-0.25, -0.2) is 17.5 Å². The van der Waals surface area contributed by atoms with Crippen LogP contribution in [0.1, 0.15) is 18.4 Å². The Morgan fingerprint density at radius 2 is 2.14 bits per heavy atom. The van der Waals surface area contributed by atoms with E-state index in [4.69, 9.17) is 4.74 Å². The maximum Gasteiger partial charge on any atom is 0.240 e. The van der Waals surface area contributed by atoms with Gasteiger partial charge in [0.1, 0.15) is 5.82 Å². The van der Waals surface area contributed by atoms with E-state index in [2.05, 4.69) is 10.0 Å². The minimum absolute atomic E-state index is 0.0661.